The number of nitrogens with zero attached hydrogens (tertiary/aromatic N) is 3. The zero-order chi connectivity index (χ0) is 19.5. The van der Waals surface area contributed by atoms with Gasteiger partial charge in [-0.2, -0.15) is 4.98 Å². The molecule has 0 aliphatic carbocycles. The van der Waals surface area contributed by atoms with Crippen LogP contribution in [0, 0.1) is 0 Å². The first-order valence-electron chi connectivity index (χ1n) is 9.63. The molecule has 1 atom stereocenters. The summed E-state index contributed by atoms with van der Waals surface area (Å²) >= 11 is 0. The number of nitrogens with one attached hydrogen (secondary N) is 1. The molecule has 1 aromatic heterocycles. The molecule has 0 bridgehead atoms. The lowest BCUT2D eigenvalue weighted by molar-refractivity contribution is 0.195. The number of fused-ring (bicyclic) bond motifs is 3. The van der Waals surface area contributed by atoms with Gasteiger partial charge in [-0.1, -0.05) is 48.5 Å². The van der Waals surface area contributed by atoms with Crippen LogP contribution in [0.2, 0.25) is 0 Å². The molecule has 0 saturated carbocycles. The fourth-order valence-electron chi connectivity index (χ4n) is 3.49. The highest BCUT2D eigenvalue weighted by atomic mass is 16.5. The van der Waals surface area contributed by atoms with Gasteiger partial charge in [-0.25, -0.2) is 4.79 Å². The van der Waals surface area contributed by atoms with Crippen molar-refractivity contribution in [3.05, 3.63) is 53.7 Å². The summed E-state index contributed by atoms with van der Waals surface area (Å²) in [7, 11) is 1.72. The van der Waals surface area contributed by atoms with E-state index in [1.54, 1.807) is 11.9 Å². The van der Waals surface area contributed by atoms with Gasteiger partial charge < -0.3 is 19.5 Å². The molecule has 1 N–H and O–H groups in total. The van der Waals surface area contributed by atoms with E-state index in [4.69, 9.17) is 9.26 Å². The van der Waals surface area contributed by atoms with Gasteiger partial charge in [-0.15, -0.1) is 0 Å². The highest BCUT2D eigenvalue weighted by Gasteiger charge is 2.24. The summed E-state index contributed by atoms with van der Waals surface area (Å²) in [5.41, 5.74) is 1.02. The van der Waals surface area contributed by atoms with Crippen LogP contribution in [-0.4, -0.2) is 34.7 Å². The fourth-order valence-corrected chi connectivity index (χ4v) is 3.49. The minimum atomic E-state index is -0.178. The van der Waals surface area contributed by atoms with E-state index >= 15 is 0 Å². The van der Waals surface area contributed by atoms with Crippen LogP contribution < -0.4 is 10.1 Å². The minimum Gasteiger partial charge on any atom is -0.493 e. The Morgan fingerprint density at radius 1 is 1.29 bits per heavy atom. The zero-order valence-corrected chi connectivity index (χ0v) is 16.1. The number of hydrogen-bond donors (Lipinski definition) is 1. The molecule has 0 fully saturated rings. The first-order valence-corrected chi connectivity index (χ1v) is 9.63. The van der Waals surface area contributed by atoms with Crippen molar-refractivity contribution < 1.29 is 14.1 Å². The highest BCUT2D eigenvalue weighted by molar-refractivity contribution is 5.90. The van der Waals surface area contributed by atoms with Crippen LogP contribution >= 0.6 is 0 Å². The number of ether oxygens (including phenoxy) is 1. The van der Waals surface area contributed by atoms with Crippen molar-refractivity contribution in [2.75, 3.05) is 13.7 Å². The Kier molecular flexibility index (Phi) is 5.14. The van der Waals surface area contributed by atoms with Crippen molar-refractivity contribution in [3.8, 4) is 5.75 Å². The Morgan fingerprint density at radius 3 is 2.96 bits per heavy atom. The first-order chi connectivity index (χ1) is 13.7. The van der Waals surface area contributed by atoms with Gasteiger partial charge in [0.15, 0.2) is 5.82 Å². The molecule has 2 heterocycles. The average Bonchev–Trinajstić information content (AvgIpc) is 3.07. The first kappa shape index (κ1) is 18.3. The predicted octanol–water partition coefficient (Wildman–Crippen LogP) is 3.84. The van der Waals surface area contributed by atoms with E-state index < -0.39 is 0 Å². The Labute approximate surface area is 163 Å². The van der Waals surface area contributed by atoms with Crippen LogP contribution in [0.15, 0.2) is 40.9 Å². The van der Waals surface area contributed by atoms with Crippen molar-refractivity contribution in [3.63, 3.8) is 0 Å². The van der Waals surface area contributed by atoms with Crippen molar-refractivity contribution >= 4 is 16.8 Å². The van der Waals surface area contributed by atoms with Gasteiger partial charge in [0, 0.05) is 24.4 Å². The number of carbonyl (C=O) groups excluding carboxylic acids is 1. The van der Waals surface area contributed by atoms with E-state index in [1.165, 1.54) is 0 Å². The van der Waals surface area contributed by atoms with Gasteiger partial charge >= 0.3 is 6.03 Å². The Hall–Kier alpha value is -3.09. The van der Waals surface area contributed by atoms with E-state index in [-0.39, 0.29) is 18.6 Å². The van der Waals surface area contributed by atoms with Gasteiger partial charge in [-0.3, -0.25) is 0 Å². The van der Waals surface area contributed by atoms with Crippen LogP contribution in [0.25, 0.3) is 10.8 Å². The summed E-state index contributed by atoms with van der Waals surface area (Å²) in [4.78, 5) is 18.6. The second kappa shape index (κ2) is 7.88. The van der Waals surface area contributed by atoms with Gasteiger partial charge in [-0.05, 0) is 18.2 Å². The van der Waals surface area contributed by atoms with E-state index in [1.807, 2.05) is 19.1 Å². The van der Waals surface area contributed by atoms with E-state index in [0.717, 1.165) is 34.9 Å². The molecule has 7 nitrogen and oxygen atoms in total. The second-order valence-corrected chi connectivity index (χ2v) is 7.01. The Bertz CT molecular complexity index is 985. The monoisotopic (exact) mass is 380 g/mol. The molecule has 0 spiro atoms. The van der Waals surface area contributed by atoms with Gasteiger partial charge in [0.1, 0.15) is 12.3 Å². The molecular formula is C21H24N4O3. The number of amides is 2. The minimum absolute atomic E-state index is 0.106. The molecule has 28 heavy (non-hydrogen) atoms. The largest absolute Gasteiger partial charge is 0.493 e. The smallest absolute Gasteiger partial charge is 0.318 e. The lowest BCUT2D eigenvalue weighted by atomic mass is 9.98. The molecule has 7 heteroatoms. The molecule has 4 rings (SSSR count). The number of rotatable bonds is 4. The van der Waals surface area contributed by atoms with Crippen LogP contribution in [-0.2, 0) is 13.0 Å². The quantitative estimate of drug-likeness (QED) is 0.744. The maximum atomic E-state index is 12.8. The normalized spacial score (nSPS) is 16.1. The molecule has 0 saturated heterocycles. The third-order valence-corrected chi connectivity index (χ3v) is 5.01. The van der Waals surface area contributed by atoms with E-state index in [9.17, 15) is 4.79 Å². The average molecular weight is 380 g/mol. The van der Waals surface area contributed by atoms with Crippen LogP contribution in [0.1, 0.15) is 43.1 Å². The summed E-state index contributed by atoms with van der Waals surface area (Å²) in [6.45, 7) is 2.87. The van der Waals surface area contributed by atoms with Crippen molar-refractivity contribution in [1.82, 2.24) is 20.4 Å². The molecule has 2 aromatic carbocycles. The van der Waals surface area contributed by atoms with E-state index in [0.29, 0.717) is 24.7 Å². The zero-order valence-electron chi connectivity index (χ0n) is 16.1. The number of benzene rings is 2. The molecule has 1 aliphatic heterocycles. The van der Waals surface area contributed by atoms with Crippen LogP contribution in [0.5, 0.6) is 5.75 Å². The summed E-state index contributed by atoms with van der Waals surface area (Å²) < 4.78 is 11.2. The van der Waals surface area contributed by atoms with Gasteiger partial charge in [0.05, 0.1) is 12.6 Å². The molecule has 146 valence electrons. The molecular weight excluding hydrogens is 356 g/mol. The third kappa shape index (κ3) is 3.65. The topological polar surface area (TPSA) is 80.5 Å². The maximum Gasteiger partial charge on any atom is 0.318 e. The number of hydrogen-bond acceptors (Lipinski definition) is 5. The van der Waals surface area contributed by atoms with Crippen molar-refractivity contribution in [1.29, 1.82) is 0 Å². The van der Waals surface area contributed by atoms with Gasteiger partial charge in [0.25, 0.3) is 0 Å². The lowest BCUT2D eigenvalue weighted by Crippen LogP contribution is -2.39. The molecule has 1 aliphatic rings. The van der Waals surface area contributed by atoms with E-state index in [2.05, 4.69) is 39.7 Å². The number of urea groups is 1. The Morgan fingerprint density at radius 2 is 2.14 bits per heavy atom. The maximum absolute atomic E-state index is 12.8. The number of carbonyl (C=O) groups is 1. The lowest BCUT2D eigenvalue weighted by Gasteiger charge is -2.23. The SMILES string of the molecule is CCc1noc(CN(C)C(=O)N[C@@H]2CCCOc3c2ccc2ccccc32)n1. The fraction of sp³-hybridized carbons (Fsp3) is 0.381. The van der Waals surface area contributed by atoms with Gasteiger partial charge in [0.2, 0.25) is 5.89 Å². The number of aromatic nitrogens is 2. The Balaban J connectivity index is 1.53. The summed E-state index contributed by atoms with van der Waals surface area (Å²) in [5.74, 6) is 1.95. The molecule has 3 aromatic rings. The predicted molar refractivity (Wildman–Crippen MR) is 105 cm³/mol. The molecule has 0 radical (unpaired) electrons. The molecule has 0 unspecified atom stereocenters. The summed E-state index contributed by atoms with van der Waals surface area (Å²) in [6, 6.07) is 12.0. The third-order valence-electron chi connectivity index (χ3n) is 5.01. The standard InChI is InChI=1S/C21H24N4O3/c1-3-18-23-19(28-24-18)13-25(2)21(26)22-17-9-6-12-27-20-15-8-5-4-7-14(15)10-11-16(17)20/h4-5,7-8,10-11,17H,3,6,9,12-13H2,1-2H3,(H,22,26)/t17-/m1/s1. The highest BCUT2D eigenvalue weighted by Crippen LogP contribution is 2.37. The van der Waals surface area contributed by atoms with Crippen LogP contribution in [0.3, 0.4) is 0 Å². The second-order valence-electron chi connectivity index (χ2n) is 7.01. The summed E-state index contributed by atoms with van der Waals surface area (Å²) in [6.07, 6.45) is 2.40. The summed E-state index contributed by atoms with van der Waals surface area (Å²) in [5, 5.41) is 9.22. The van der Waals surface area contributed by atoms with Crippen LogP contribution in [0.4, 0.5) is 4.79 Å². The van der Waals surface area contributed by atoms with Crippen molar-refractivity contribution in [2.45, 2.75) is 38.8 Å². The van der Waals surface area contributed by atoms with Crippen molar-refractivity contribution in [2.24, 2.45) is 0 Å². The number of aryl methyl sites for hydroxylation is 1. The molecule has 2 amide bonds.